The first-order valence-electron chi connectivity index (χ1n) is 10.6. The molecule has 0 saturated heterocycles. The van der Waals surface area contributed by atoms with Gasteiger partial charge in [0, 0.05) is 55.0 Å². The van der Waals surface area contributed by atoms with Crippen LogP contribution in [-0.4, -0.2) is 50.9 Å². The number of ketones is 2. The lowest BCUT2D eigenvalue weighted by Gasteiger charge is -2.44. The van der Waals surface area contributed by atoms with Gasteiger partial charge in [-0.1, -0.05) is 6.07 Å². The predicted molar refractivity (Wildman–Crippen MR) is 113 cm³/mol. The summed E-state index contributed by atoms with van der Waals surface area (Å²) in [4.78, 5) is 28.6. The summed E-state index contributed by atoms with van der Waals surface area (Å²) in [5, 5.41) is 0. The lowest BCUT2D eigenvalue weighted by Crippen LogP contribution is -2.40. The van der Waals surface area contributed by atoms with Crippen molar-refractivity contribution in [1.29, 1.82) is 0 Å². The van der Waals surface area contributed by atoms with Crippen molar-refractivity contribution in [1.82, 2.24) is 4.90 Å². The van der Waals surface area contributed by atoms with Crippen molar-refractivity contribution >= 4 is 11.6 Å². The van der Waals surface area contributed by atoms with E-state index in [2.05, 4.69) is 4.90 Å². The van der Waals surface area contributed by atoms with Crippen LogP contribution in [0.15, 0.2) is 40.7 Å². The topological polar surface area (TPSA) is 65.1 Å². The molecule has 1 aromatic carbocycles. The molecule has 0 unspecified atom stereocenters. The van der Waals surface area contributed by atoms with E-state index in [0.717, 1.165) is 53.8 Å². The van der Waals surface area contributed by atoms with Crippen LogP contribution in [-0.2, 0) is 14.3 Å². The average molecular weight is 411 g/mol. The molecule has 4 rings (SSSR count). The summed E-state index contributed by atoms with van der Waals surface area (Å²) >= 11 is 0. The highest BCUT2D eigenvalue weighted by molar-refractivity contribution is 6.06. The zero-order valence-electron chi connectivity index (χ0n) is 18.0. The van der Waals surface area contributed by atoms with Crippen LogP contribution in [0.5, 0.6) is 11.5 Å². The summed E-state index contributed by atoms with van der Waals surface area (Å²) in [5.74, 6) is 1.18. The molecule has 1 aromatic rings. The van der Waals surface area contributed by atoms with Gasteiger partial charge in [0.25, 0.3) is 0 Å². The number of methoxy groups -OCH3 is 3. The molecule has 2 aliphatic carbocycles. The van der Waals surface area contributed by atoms with Gasteiger partial charge >= 0.3 is 0 Å². The lowest BCUT2D eigenvalue weighted by atomic mass is 9.71. The second-order valence-corrected chi connectivity index (χ2v) is 7.97. The summed E-state index contributed by atoms with van der Waals surface area (Å²) in [6, 6.07) is 5.72. The van der Waals surface area contributed by atoms with Gasteiger partial charge in [-0.25, -0.2) is 0 Å². The first-order valence-corrected chi connectivity index (χ1v) is 10.6. The van der Waals surface area contributed by atoms with Gasteiger partial charge in [-0.05, 0) is 43.4 Å². The molecule has 6 heteroatoms. The van der Waals surface area contributed by atoms with Gasteiger partial charge in [-0.3, -0.25) is 9.59 Å². The normalized spacial score (nSPS) is 19.8. The molecule has 160 valence electrons. The summed E-state index contributed by atoms with van der Waals surface area (Å²) in [6.45, 7) is 1.21. The minimum atomic E-state index is -0.339. The van der Waals surface area contributed by atoms with Crippen LogP contribution in [0.3, 0.4) is 0 Å². The predicted octanol–water partition coefficient (Wildman–Crippen LogP) is 3.76. The quantitative estimate of drug-likeness (QED) is 0.710. The van der Waals surface area contributed by atoms with Crippen LogP contribution in [0, 0.1) is 0 Å². The van der Waals surface area contributed by atoms with Crippen molar-refractivity contribution in [2.75, 3.05) is 34.5 Å². The van der Waals surface area contributed by atoms with E-state index in [9.17, 15) is 9.59 Å². The Morgan fingerprint density at radius 2 is 1.47 bits per heavy atom. The zero-order chi connectivity index (χ0) is 21.3. The average Bonchev–Trinajstić information content (AvgIpc) is 2.77. The molecule has 0 bridgehead atoms. The molecule has 0 saturated carbocycles. The highest BCUT2D eigenvalue weighted by Gasteiger charge is 2.43. The summed E-state index contributed by atoms with van der Waals surface area (Å²) < 4.78 is 16.2. The van der Waals surface area contributed by atoms with Crippen molar-refractivity contribution in [3.63, 3.8) is 0 Å². The maximum absolute atomic E-state index is 13.2. The van der Waals surface area contributed by atoms with Crippen LogP contribution in [0.25, 0.3) is 0 Å². The van der Waals surface area contributed by atoms with Crippen molar-refractivity contribution in [3.05, 3.63) is 46.3 Å². The van der Waals surface area contributed by atoms with Gasteiger partial charge < -0.3 is 19.1 Å². The van der Waals surface area contributed by atoms with Crippen molar-refractivity contribution in [2.45, 2.75) is 44.4 Å². The second-order valence-electron chi connectivity index (χ2n) is 7.97. The molecule has 0 N–H and O–H groups in total. The van der Waals surface area contributed by atoms with Crippen LogP contribution < -0.4 is 9.47 Å². The smallest absolute Gasteiger partial charge is 0.161 e. The molecule has 0 fully saturated rings. The number of benzene rings is 1. The Morgan fingerprint density at radius 1 is 0.867 bits per heavy atom. The maximum atomic E-state index is 13.2. The van der Waals surface area contributed by atoms with E-state index in [1.807, 2.05) is 18.2 Å². The molecule has 0 radical (unpaired) electrons. The van der Waals surface area contributed by atoms with Crippen molar-refractivity contribution in [3.8, 4) is 11.5 Å². The van der Waals surface area contributed by atoms with Gasteiger partial charge in [-0.2, -0.15) is 0 Å². The first kappa shape index (κ1) is 20.7. The number of hydrogen-bond donors (Lipinski definition) is 0. The molecule has 3 aliphatic rings. The number of ether oxygens (including phenoxy) is 3. The van der Waals surface area contributed by atoms with E-state index in [-0.39, 0.29) is 17.5 Å². The SMILES string of the molecule is COCCN1C2=C(C(=O)CCC2)C(c2ccc(OC)c(OC)c2)C2=C1CCCC2=O. The number of carbonyl (C=O) groups excluding carboxylic acids is 2. The Hall–Kier alpha value is -2.60. The minimum Gasteiger partial charge on any atom is -0.493 e. The molecule has 0 aromatic heterocycles. The Balaban J connectivity index is 1.92. The van der Waals surface area contributed by atoms with Gasteiger partial charge in [-0.15, -0.1) is 0 Å². The van der Waals surface area contributed by atoms with Crippen LogP contribution in [0.1, 0.15) is 50.0 Å². The minimum absolute atomic E-state index is 0.142. The number of Topliss-reactive ketones (excluding diaryl/α,β-unsaturated/α-hetero) is 2. The van der Waals surface area contributed by atoms with Crippen LogP contribution in [0.4, 0.5) is 0 Å². The first-order chi connectivity index (χ1) is 14.6. The third kappa shape index (κ3) is 3.43. The molecule has 6 nitrogen and oxygen atoms in total. The molecular weight excluding hydrogens is 382 g/mol. The molecule has 1 heterocycles. The van der Waals surface area contributed by atoms with Gasteiger partial charge in [0.2, 0.25) is 0 Å². The Labute approximate surface area is 177 Å². The number of nitrogens with zero attached hydrogens (tertiary/aromatic N) is 1. The monoisotopic (exact) mass is 411 g/mol. The standard InChI is InChI=1S/C24H29NO5/c1-28-13-12-25-16-6-4-8-18(26)23(16)22(24-17(25)7-5-9-19(24)27)15-10-11-20(29-2)21(14-15)30-3/h10-11,14,22H,4-9,12-13H2,1-3H3. The van der Waals surface area contributed by atoms with E-state index in [4.69, 9.17) is 14.2 Å². The Bertz CT molecular complexity index is 886. The highest BCUT2D eigenvalue weighted by Crippen LogP contribution is 2.49. The Morgan fingerprint density at radius 3 is 2.00 bits per heavy atom. The fourth-order valence-electron chi connectivity index (χ4n) is 5.03. The molecule has 1 aliphatic heterocycles. The van der Waals surface area contributed by atoms with Crippen molar-refractivity contribution in [2.24, 2.45) is 0 Å². The summed E-state index contributed by atoms with van der Waals surface area (Å²) in [7, 11) is 4.88. The molecular formula is C24H29NO5. The van der Waals surface area contributed by atoms with E-state index < -0.39 is 0 Å². The highest BCUT2D eigenvalue weighted by atomic mass is 16.5. The number of allylic oxidation sites excluding steroid dienone is 4. The third-order valence-electron chi connectivity index (χ3n) is 6.35. The van der Waals surface area contributed by atoms with Gasteiger partial charge in [0.05, 0.1) is 20.8 Å². The largest absolute Gasteiger partial charge is 0.493 e. The van der Waals surface area contributed by atoms with E-state index >= 15 is 0 Å². The maximum Gasteiger partial charge on any atom is 0.161 e. The van der Waals surface area contributed by atoms with E-state index in [1.165, 1.54) is 0 Å². The lowest BCUT2D eigenvalue weighted by molar-refractivity contribution is -0.117. The molecule has 0 spiro atoms. The molecule has 0 atom stereocenters. The fraction of sp³-hybridized carbons (Fsp3) is 0.500. The summed E-state index contributed by atoms with van der Waals surface area (Å²) in [5.41, 5.74) is 4.59. The molecule has 30 heavy (non-hydrogen) atoms. The van der Waals surface area contributed by atoms with Gasteiger partial charge in [0.15, 0.2) is 23.1 Å². The van der Waals surface area contributed by atoms with Gasteiger partial charge in [0.1, 0.15) is 0 Å². The van der Waals surface area contributed by atoms with E-state index in [0.29, 0.717) is 37.5 Å². The van der Waals surface area contributed by atoms with E-state index in [1.54, 1.807) is 21.3 Å². The third-order valence-corrected chi connectivity index (χ3v) is 6.35. The second kappa shape index (κ2) is 8.64. The number of hydrogen-bond acceptors (Lipinski definition) is 6. The zero-order valence-corrected chi connectivity index (χ0v) is 18.0. The fourth-order valence-corrected chi connectivity index (χ4v) is 5.03. The number of carbonyl (C=O) groups is 2. The Kier molecular flexibility index (Phi) is 5.95. The molecule has 0 amide bonds. The van der Waals surface area contributed by atoms with Crippen LogP contribution in [0.2, 0.25) is 0 Å². The summed E-state index contributed by atoms with van der Waals surface area (Å²) in [6.07, 6.45) is 4.43. The number of rotatable bonds is 6. The van der Waals surface area contributed by atoms with Crippen LogP contribution >= 0.6 is 0 Å². The van der Waals surface area contributed by atoms with Crippen molar-refractivity contribution < 1.29 is 23.8 Å².